The highest BCUT2D eigenvalue weighted by molar-refractivity contribution is 6.31. The van der Waals surface area contributed by atoms with Crippen LogP contribution in [0.1, 0.15) is 64.4 Å². The van der Waals surface area contributed by atoms with Gasteiger partial charge in [0, 0.05) is 37.7 Å². The summed E-state index contributed by atoms with van der Waals surface area (Å²) in [6.45, 7) is 6.42. The number of nitrogens with zero attached hydrogens (tertiary/aromatic N) is 2. The number of halogens is 1. The Bertz CT molecular complexity index is 692. The monoisotopic (exact) mass is 420 g/mol. The molecule has 162 valence electrons. The van der Waals surface area contributed by atoms with E-state index in [4.69, 9.17) is 11.6 Å². The summed E-state index contributed by atoms with van der Waals surface area (Å²) in [7, 11) is 1.93. The fourth-order valence-corrected chi connectivity index (χ4v) is 5.26. The fourth-order valence-electron chi connectivity index (χ4n) is 5.03. The van der Waals surface area contributed by atoms with Crippen molar-refractivity contribution in [3.8, 4) is 0 Å². The van der Waals surface area contributed by atoms with Crippen molar-refractivity contribution in [3.63, 3.8) is 0 Å². The van der Waals surface area contributed by atoms with E-state index < -0.39 is 11.0 Å². The predicted octanol–water partition coefficient (Wildman–Crippen LogP) is 4.53. The minimum atomic E-state index is -0.950. The molecule has 0 atom stereocenters. The van der Waals surface area contributed by atoms with Crippen LogP contribution >= 0.6 is 11.6 Å². The Hall–Kier alpha value is -1.10. The van der Waals surface area contributed by atoms with E-state index in [1.807, 2.05) is 44.0 Å². The number of hydrogen-bond acceptors (Lipinski definition) is 3. The molecule has 1 heterocycles. The average Bonchev–Trinajstić information content (AvgIpc) is 2.74. The lowest BCUT2D eigenvalue weighted by Crippen LogP contribution is -2.59. The van der Waals surface area contributed by atoms with Crippen LogP contribution < -0.4 is 0 Å². The van der Waals surface area contributed by atoms with Gasteiger partial charge < -0.3 is 14.9 Å². The molecule has 0 aromatic heterocycles. The highest BCUT2D eigenvalue weighted by Gasteiger charge is 2.51. The van der Waals surface area contributed by atoms with Gasteiger partial charge in [0.1, 0.15) is 0 Å². The van der Waals surface area contributed by atoms with Crippen LogP contribution in [0.15, 0.2) is 24.3 Å². The number of carbonyl (C=O) groups is 1. The number of likely N-dealkylation sites (tertiary alicyclic amines) is 1. The highest BCUT2D eigenvalue weighted by Crippen LogP contribution is 2.41. The summed E-state index contributed by atoms with van der Waals surface area (Å²) in [5.74, 6) is 0.0939. The van der Waals surface area contributed by atoms with Gasteiger partial charge in [-0.1, -0.05) is 49.1 Å². The number of benzene rings is 1. The van der Waals surface area contributed by atoms with Gasteiger partial charge in [-0.25, -0.2) is 0 Å². The van der Waals surface area contributed by atoms with Crippen LogP contribution in [0.25, 0.3) is 0 Å². The first-order valence-corrected chi connectivity index (χ1v) is 11.6. The third-order valence-corrected chi connectivity index (χ3v) is 7.85. The van der Waals surface area contributed by atoms with Crippen LogP contribution in [-0.4, -0.2) is 59.1 Å². The zero-order valence-electron chi connectivity index (χ0n) is 18.3. The van der Waals surface area contributed by atoms with Crippen LogP contribution in [0.5, 0.6) is 0 Å². The Morgan fingerprint density at radius 3 is 2.45 bits per heavy atom. The van der Waals surface area contributed by atoms with Crippen molar-refractivity contribution in [2.24, 2.45) is 5.41 Å². The van der Waals surface area contributed by atoms with E-state index in [9.17, 15) is 9.90 Å². The van der Waals surface area contributed by atoms with Gasteiger partial charge in [0.2, 0.25) is 5.91 Å². The second-order valence-corrected chi connectivity index (χ2v) is 9.95. The van der Waals surface area contributed by atoms with Gasteiger partial charge in [0.25, 0.3) is 0 Å². The van der Waals surface area contributed by atoms with E-state index in [1.54, 1.807) is 0 Å². The van der Waals surface area contributed by atoms with Gasteiger partial charge in [-0.2, -0.15) is 0 Å². The Kier molecular flexibility index (Phi) is 7.29. The first-order chi connectivity index (χ1) is 13.7. The number of aliphatic hydroxyl groups is 1. The van der Waals surface area contributed by atoms with Gasteiger partial charge in [-0.15, -0.1) is 0 Å². The Balaban J connectivity index is 1.56. The van der Waals surface area contributed by atoms with Gasteiger partial charge in [-0.05, 0) is 57.6 Å². The maximum absolute atomic E-state index is 13.3. The molecule has 1 N–H and O–H groups in total. The minimum absolute atomic E-state index is 0.0939. The number of hydrogen-bond donors (Lipinski definition) is 1. The van der Waals surface area contributed by atoms with Crippen molar-refractivity contribution in [2.45, 2.75) is 76.9 Å². The summed E-state index contributed by atoms with van der Waals surface area (Å²) in [5.41, 5.74) is -0.554. The Morgan fingerprint density at radius 1 is 1.21 bits per heavy atom. The van der Waals surface area contributed by atoms with Crippen molar-refractivity contribution in [1.29, 1.82) is 0 Å². The van der Waals surface area contributed by atoms with Gasteiger partial charge in [-0.3, -0.25) is 4.79 Å². The fraction of sp³-hybridized carbons (Fsp3) is 0.708. The lowest BCUT2D eigenvalue weighted by atomic mass is 9.68. The van der Waals surface area contributed by atoms with Crippen molar-refractivity contribution < 1.29 is 9.90 Å². The van der Waals surface area contributed by atoms with E-state index in [0.717, 1.165) is 43.9 Å². The maximum Gasteiger partial charge on any atom is 0.231 e. The predicted molar refractivity (Wildman–Crippen MR) is 119 cm³/mol. The third kappa shape index (κ3) is 4.98. The van der Waals surface area contributed by atoms with E-state index in [-0.39, 0.29) is 5.91 Å². The Morgan fingerprint density at radius 2 is 1.83 bits per heavy atom. The topological polar surface area (TPSA) is 43.8 Å². The number of piperidine rings is 1. The summed E-state index contributed by atoms with van der Waals surface area (Å²) < 4.78 is 0. The summed E-state index contributed by atoms with van der Waals surface area (Å²) in [5, 5.41) is 12.3. The van der Waals surface area contributed by atoms with Gasteiger partial charge >= 0.3 is 0 Å². The lowest BCUT2D eigenvalue weighted by Gasteiger charge is -2.49. The molecule has 4 nitrogen and oxygen atoms in total. The maximum atomic E-state index is 13.3. The zero-order valence-corrected chi connectivity index (χ0v) is 19.0. The van der Waals surface area contributed by atoms with Gasteiger partial charge in [0.15, 0.2) is 0 Å². The molecule has 1 saturated heterocycles. The third-order valence-electron chi connectivity index (χ3n) is 7.48. The molecule has 0 spiro atoms. The van der Waals surface area contributed by atoms with Crippen molar-refractivity contribution in [2.75, 3.05) is 26.7 Å². The summed E-state index contributed by atoms with van der Waals surface area (Å²) >= 11 is 6.27. The molecule has 1 aromatic rings. The molecule has 1 amide bonds. The molecule has 2 aliphatic rings. The molecular weight excluding hydrogens is 384 g/mol. The summed E-state index contributed by atoms with van der Waals surface area (Å²) in [4.78, 5) is 17.6. The quantitative estimate of drug-likeness (QED) is 0.735. The molecule has 3 rings (SSSR count). The van der Waals surface area contributed by atoms with Crippen molar-refractivity contribution in [1.82, 2.24) is 9.80 Å². The van der Waals surface area contributed by atoms with E-state index in [2.05, 4.69) is 11.0 Å². The molecule has 2 fully saturated rings. The first-order valence-electron chi connectivity index (χ1n) is 11.2. The highest BCUT2D eigenvalue weighted by atomic mass is 35.5. The molecule has 0 unspecified atom stereocenters. The van der Waals surface area contributed by atoms with Crippen LogP contribution in [0.3, 0.4) is 0 Å². The van der Waals surface area contributed by atoms with E-state index in [1.165, 1.54) is 24.8 Å². The molecule has 1 saturated carbocycles. The molecule has 1 aliphatic heterocycles. The standard InChI is InChI=1S/C24H37ClN2O2/c1-23(2,22(28)26(3)20-10-5-4-6-11-20)24(29)14-17-27(18-15-24)16-13-19-9-7-8-12-21(19)25/h7-9,12,20,29H,4-6,10-11,13-18H2,1-3H3. The van der Waals surface area contributed by atoms with Crippen molar-refractivity contribution in [3.05, 3.63) is 34.9 Å². The minimum Gasteiger partial charge on any atom is -0.389 e. The molecule has 5 heteroatoms. The Labute approximate surface area is 181 Å². The number of rotatable bonds is 6. The second-order valence-electron chi connectivity index (χ2n) is 9.55. The van der Waals surface area contributed by atoms with E-state index >= 15 is 0 Å². The van der Waals surface area contributed by atoms with E-state index in [0.29, 0.717) is 18.9 Å². The zero-order chi connectivity index (χ0) is 21.1. The molecule has 1 aromatic carbocycles. The smallest absolute Gasteiger partial charge is 0.231 e. The molecule has 0 bridgehead atoms. The van der Waals surface area contributed by atoms with Crippen LogP contribution in [0.2, 0.25) is 5.02 Å². The van der Waals surface area contributed by atoms with Crippen LogP contribution in [0, 0.1) is 5.41 Å². The summed E-state index contributed by atoms with van der Waals surface area (Å²) in [6.07, 6.45) is 8.03. The second kappa shape index (κ2) is 9.36. The number of amides is 1. The van der Waals surface area contributed by atoms with Crippen LogP contribution in [-0.2, 0) is 11.2 Å². The molecule has 1 aliphatic carbocycles. The first kappa shape index (κ1) is 22.6. The van der Waals surface area contributed by atoms with Crippen molar-refractivity contribution >= 4 is 17.5 Å². The average molecular weight is 421 g/mol. The largest absolute Gasteiger partial charge is 0.389 e. The van der Waals surface area contributed by atoms with Gasteiger partial charge in [0.05, 0.1) is 11.0 Å². The summed E-state index contributed by atoms with van der Waals surface area (Å²) in [6, 6.07) is 8.31. The van der Waals surface area contributed by atoms with Crippen LogP contribution in [0.4, 0.5) is 0 Å². The molecule has 29 heavy (non-hydrogen) atoms. The molecular formula is C24H37ClN2O2. The number of carbonyl (C=O) groups excluding carboxylic acids is 1. The SMILES string of the molecule is CN(C(=O)C(C)(C)C1(O)CCN(CCc2ccccc2Cl)CC1)C1CCCCC1. The normalized spacial score (nSPS) is 21.1. The molecule has 0 radical (unpaired) electrons. The lowest BCUT2D eigenvalue weighted by molar-refractivity contribution is -0.166.